The zero-order valence-corrected chi connectivity index (χ0v) is 12.5. The van der Waals surface area contributed by atoms with Crippen molar-refractivity contribution < 1.29 is 9.47 Å². The van der Waals surface area contributed by atoms with Crippen LogP contribution in [0.1, 0.15) is 38.7 Å². The molecule has 1 aromatic carbocycles. The minimum absolute atomic E-state index is 0.0613. The Hall–Kier alpha value is -1.22. The summed E-state index contributed by atoms with van der Waals surface area (Å²) in [7, 11) is 3.42. The van der Waals surface area contributed by atoms with Crippen molar-refractivity contribution in [2.75, 3.05) is 20.8 Å². The second-order valence-electron chi connectivity index (χ2n) is 5.78. The molecule has 1 saturated heterocycles. The molecule has 1 N–H and O–H groups in total. The number of ether oxygens (including phenoxy) is 2. The van der Waals surface area contributed by atoms with E-state index in [1.54, 1.807) is 14.2 Å². The lowest BCUT2D eigenvalue weighted by Crippen LogP contribution is -2.38. The molecule has 1 atom stereocenters. The van der Waals surface area contributed by atoms with E-state index in [9.17, 15) is 0 Å². The first-order valence-corrected chi connectivity index (χ1v) is 7.09. The number of benzene rings is 1. The van der Waals surface area contributed by atoms with Crippen molar-refractivity contribution >= 4 is 0 Å². The maximum Gasteiger partial charge on any atom is 0.127 e. The third kappa shape index (κ3) is 2.86. The van der Waals surface area contributed by atoms with Gasteiger partial charge in [0.25, 0.3) is 0 Å². The Kier molecular flexibility index (Phi) is 4.35. The standard InChI is InChI=1S/C16H25NO2/c1-12(2)11-16(8-5-9-17-16)14-7-6-13(18-3)10-15(14)19-4/h6-7,10,12,17H,5,8-9,11H2,1-4H3. The van der Waals surface area contributed by atoms with Crippen LogP contribution < -0.4 is 14.8 Å². The van der Waals surface area contributed by atoms with Crippen LogP contribution >= 0.6 is 0 Å². The summed E-state index contributed by atoms with van der Waals surface area (Å²) < 4.78 is 10.9. The second kappa shape index (κ2) is 5.83. The monoisotopic (exact) mass is 263 g/mol. The van der Waals surface area contributed by atoms with Crippen LogP contribution in [-0.4, -0.2) is 20.8 Å². The second-order valence-corrected chi connectivity index (χ2v) is 5.78. The molecule has 1 unspecified atom stereocenters. The highest BCUT2D eigenvalue weighted by atomic mass is 16.5. The van der Waals surface area contributed by atoms with Crippen LogP contribution in [0.5, 0.6) is 11.5 Å². The Balaban J connectivity index is 2.41. The maximum absolute atomic E-state index is 5.59. The molecule has 1 aromatic rings. The van der Waals surface area contributed by atoms with Crippen LogP contribution in [0.25, 0.3) is 0 Å². The van der Waals surface area contributed by atoms with Gasteiger partial charge >= 0.3 is 0 Å². The number of rotatable bonds is 5. The van der Waals surface area contributed by atoms with Crippen molar-refractivity contribution in [1.82, 2.24) is 5.32 Å². The molecule has 0 radical (unpaired) electrons. The van der Waals surface area contributed by atoms with Crippen molar-refractivity contribution in [2.45, 2.75) is 38.6 Å². The predicted octanol–water partition coefficient (Wildman–Crippen LogP) is 3.33. The number of hydrogen-bond acceptors (Lipinski definition) is 3. The molecule has 106 valence electrons. The van der Waals surface area contributed by atoms with E-state index in [0.29, 0.717) is 5.92 Å². The normalized spacial score (nSPS) is 22.8. The first-order valence-electron chi connectivity index (χ1n) is 7.09. The summed E-state index contributed by atoms with van der Waals surface area (Å²) in [4.78, 5) is 0. The van der Waals surface area contributed by atoms with Crippen LogP contribution in [0, 0.1) is 5.92 Å². The molecule has 3 nitrogen and oxygen atoms in total. The van der Waals surface area contributed by atoms with Crippen molar-refractivity contribution in [2.24, 2.45) is 5.92 Å². The molecule has 3 heteroatoms. The lowest BCUT2D eigenvalue weighted by atomic mass is 9.80. The van der Waals surface area contributed by atoms with Gasteiger partial charge in [-0.05, 0) is 43.9 Å². The lowest BCUT2D eigenvalue weighted by molar-refractivity contribution is 0.294. The summed E-state index contributed by atoms with van der Waals surface area (Å²) in [5.74, 6) is 2.42. The van der Waals surface area contributed by atoms with Gasteiger partial charge in [-0.2, -0.15) is 0 Å². The fourth-order valence-corrected chi connectivity index (χ4v) is 3.21. The van der Waals surface area contributed by atoms with Gasteiger partial charge < -0.3 is 14.8 Å². The van der Waals surface area contributed by atoms with Gasteiger partial charge in [0, 0.05) is 17.2 Å². The van der Waals surface area contributed by atoms with E-state index >= 15 is 0 Å². The fourth-order valence-electron chi connectivity index (χ4n) is 3.21. The van der Waals surface area contributed by atoms with Crippen LogP contribution in [0.2, 0.25) is 0 Å². The lowest BCUT2D eigenvalue weighted by Gasteiger charge is -2.33. The number of nitrogens with one attached hydrogen (secondary N) is 1. The van der Waals surface area contributed by atoms with Crippen LogP contribution in [0.4, 0.5) is 0 Å². The van der Waals surface area contributed by atoms with E-state index in [4.69, 9.17) is 9.47 Å². The number of hydrogen-bond donors (Lipinski definition) is 1. The van der Waals surface area contributed by atoms with Gasteiger partial charge in [-0.15, -0.1) is 0 Å². The zero-order chi connectivity index (χ0) is 13.9. The van der Waals surface area contributed by atoms with E-state index in [0.717, 1.165) is 24.5 Å². The van der Waals surface area contributed by atoms with Gasteiger partial charge in [-0.3, -0.25) is 0 Å². The van der Waals surface area contributed by atoms with Crippen molar-refractivity contribution in [1.29, 1.82) is 0 Å². The molecule has 1 aliphatic rings. The van der Waals surface area contributed by atoms with Gasteiger partial charge in [0.05, 0.1) is 14.2 Å². The number of methoxy groups -OCH3 is 2. The molecule has 19 heavy (non-hydrogen) atoms. The fraction of sp³-hybridized carbons (Fsp3) is 0.625. The molecule has 1 aliphatic heterocycles. The maximum atomic E-state index is 5.59. The minimum atomic E-state index is 0.0613. The summed E-state index contributed by atoms with van der Waals surface area (Å²) in [6.07, 6.45) is 3.53. The topological polar surface area (TPSA) is 30.5 Å². The van der Waals surface area contributed by atoms with E-state index in [-0.39, 0.29) is 5.54 Å². The van der Waals surface area contributed by atoms with Gasteiger partial charge in [-0.25, -0.2) is 0 Å². The Labute approximate surface area is 116 Å². The molecule has 0 amide bonds. The molecule has 0 spiro atoms. The summed E-state index contributed by atoms with van der Waals surface area (Å²) >= 11 is 0. The molecule has 1 heterocycles. The quantitative estimate of drug-likeness (QED) is 0.884. The Bertz CT molecular complexity index is 423. The van der Waals surface area contributed by atoms with E-state index in [2.05, 4.69) is 25.2 Å². The minimum Gasteiger partial charge on any atom is -0.497 e. The summed E-state index contributed by atoms with van der Waals surface area (Å²) in [6, 6.07) is 6.16. The first kappa shape index (κ1) is 14.2. The van der Waals surface area contributed by atoms with Crippen LogP contribution in [-0.2, 0) is 5.54 Å². The van der Waals surface area contributed by atoms with Crippen LogP contribution in [0.15, 0.2) is 18.2 Å². The van der Waals surface area contributed by atoms with Gasteiger partial charge in [0.1, 0.15) is 11.5 Å². The summed E-state index contributed by atoms with van der Waals surface area (Å²) in [6.45, 7) is 5.64. The van der Waals surface area contributed by atoms with E-state index in [1.165, 1.54) is 18.4 Å². The molecular weight excluding hydrogens is 238 g/mol. The van der Waals surface area contributed by atoms with Crippen LogP contribution in [0.3, 0.4) is 0 Å². The summed E-state index contributed by atoms with van der Waals surface area (Å²) in [5.41, 5.74) is 1.33. The van der Waals surface area contributed by atoms with Crippen molar-refractivity contribution in [3.8, 4) is 11.5 Å². The molecule has 0 aromatic heterocycles. The molecule has 1 fully saturated rings. The van der Waals surface area contributed by atoms with E-state index in [1.807, 2.05) is 12.1 Å². The van der Waals surface area contributed by atoms with E-state index < -0.39 is 0 Å². The third-order valence-electron chi connectivity index (χ3n) is 3.92. The Morgan fingerprint density at radius 3 is 2.58 bits per heavy atom. The Morgan fingerprint density at radius 1 is 1.26 bits per heavy atom. The van der Waals surface area contributed by atoms with Gasteiger partial charge in [-0.1, -0.05) is 13.8 Å². The molecular formula is C16H25NO2. The average molecular weight is 263 g/mol. The van der Waals surface area contributed by atoms with Crippen molar-refractivity contribution in [3.63, 3.8) is 0 Å². The van der Waals surface area contributed by atoms with Crippen molar-refractivity contribution in [3.05, 3.63) is 23.8 Å². The SMILES string of the molecule is COc1ccc(C2(CC(C)C)CCCN2)c(OC)c1. The average Bonchev–Trinajstić information content (AvgIpc) is 2.86. The largest absolute Gasteiger partial charge is 0.497 e. The summed E-state index contributed by atoms with van der Waals surface area (Å²) in [5, 5.41) is 3.71. The molecule has 0 bridgehead atoms. The highest BCUT2D eigenvalue weighted by Crippen LogP contribution is 2.42. The predicted molar refractivity (Wildman–Crippen MR) is 77.9 cm³/mol. The molecule has 0 saturated carbocycles. The zero-order valence-electron chi connectivity index (χ0n) is 12.5. The third-order valence-corrected chi connectivity index (χ3v) is 3.92. The van der Waals surface area contributed by atoms with Gasteiger partial charge in [0.2, 0.25) is 0 Å². The first-order chi connectivity index (χ1) is 9.11. The van der Waals surface area contributed by atoms with Gasteiger partial charge in [0.15, 0.2) is 0 Å². The Morgan fingerprint density at radius 2 is 2.05 bits per heavy atom. The highest BCUT2D eigenvalue weighted by molar-refractivity contribution is 5.45. The molecule has 0 aliphatic carbocycles. The molecule has 2 rings (SSSR count). The smallest absolute Gasteiger partial charge is 0.127 e. The highest BCUT2D eigenvalue weighted by Gasteiger charge is 2.37.